The molecule has 0 spiro atoms. The molecule has 0 saturated carbocycles. The highest BCUT2D eigenvalue weighted by molar-refractivity contribution is 6.04. The molecule has 1 rings (SSSR count). The largest absolute Gasteiger partial charge is 0.369 e. The van der Waals surface area contributed by atoms with Gasteiger partial charge in [0.15, 0.2) is 0 Å². The zero-order valence-electron chi connectivity index (χ0n) is 11.4. The third-order valence-electron chi connectivity index (χ3n) is 2.33. The molecule has 8 N–H and O–H groups in total. The maximum atomic E-state index is 5.23. The van der Waals surface area contributed by atoms with Crippen LogP contribution >= 0.6 is 0 Å². The van der Waals surface area contributed by atoms with Crippen molar-refractivity contribution in [1.29, 1.82) is 0 Å². The van der Waals surface area contributed by atoms with E-state index >= 15 is 0 Å². The highest BCUT2D eigenvalue weighted by atomic mass is 15.3. The molecule has 0 unspecified atom stereocenters. The van der Waals surface area contributed by atoms with Crippen LogP contribution in [0, 0.1) is 0 Å². The third-order valence-corrected chi connectivity index (χ3v) is 2.33. The highest BCUT2D eigenvalue weighted by Gasteiger charge is 2.02. The first-order valence-electron chi connectivity index (χ1n) is 5.77. The second kappa shape index (κ2) is 6.88. The number of nitrogens with two attached hydrogens (primary N) is 4. The minimum Gasteiger partial charge on any atom is -0.369 e. The molecule has 8 nitrogen and oxygen atoms in total. The van der Waals surface area contributed by atoms with Crippen molar-refractivity contribution in [2.45, 2.75) is 13.8 Å². The first-order chi connectivity index (χ1) is 9.40. The highest BCUT2D eigenvalue weighted by Crippen LogP contribution is 2.08. The van der Waals surface area contributed by atoms with Gasteiger partial charge in [-0.1, -0.05) is 18.2 Å². The second-order valence-electron chi connectivity index (χ2n) is 4.00. The minimum atomic E-state index is -0.0917. The fraction of sp³-hybridized carbons (Fsp3) is 0.167. The Bertz CT molecular complexity index is 540. The van der Waals surface area contributed by atoms with Crippen LogP contribution in [0.15, 0.2) is 44.7 Å². The van der Waals surface area contributed by atoms with E-state index in [1.54, 1.807) is 13.8 Å². The molecule has 1 aromatic rings. The molecule has 0 aliphatic heterocycles. The van der Waals surface area contributed by atoms with Gasteiger partial charge in [0.1, 0.15) is 0 Å². The van der Waals surface area contributed by atoms with Gasteiger partial charge in [-0.3, -0.25) is 0 Å². The number of benzene rings is 1. The topological polar surface area (TPSA) is 154 Å². The fourth-order valence-electron chi connectivity index (χ4n) is 1.35. The summed E-state index contributed by atoms with van der Waals surface area (Å²) in [5.41, 5.74) is 24.0. The molecule has 0 saturated heterocycles. The Hall–Kier alpha value is -2.90. The SMILES string of the molecule is C/C(=N\N=C(N)N)c1cccc(/C(C)=N/N=C(N)N)c1. The van der Waals surface area contributed by atoms with Crippen LogP contribution in [0.25, 0.3) is 0 Å². The molecule has 0 atom stereocenters. The number of guanidine groups is 2. The summed E-state index contributed by atoms with van der Waals surface area (Å²) >= 11 is 0. The molecule has 0 aliphatic rings. The average molecular weight is 274 g/mol. The maximum absolute atomic E-state index is 5.23. The number of rotatable bonds is 4. The van der Waals surface area contributed by atoms with Gasteiger partial charge < -0.3 is 22.9 Å². The molecule has 0 aromatic heterocycles. The van der Waals surface area contributed by atoms with E-state index in [0.29, 0.717) is 11.4 Å². The Morgan fingerprint density at radius 1 is 0.750 bits per heavy atom. The molecule has 0 fully saturated rings. The van der Waals surface area contributed by atoms with E-state index in [1.807, 2.05) is 24.3 Å². The summed E-state index contributed by atoms with van der Waals surface area (Å²) in [6.45, 7) is 3.60. The molecule has 0 heterocycles. The Kier molecular flexibility index (Phi) is 5.21. The standard InChI is InChI=1S/C12H18N8/c1-7(17-19-11(13)14)9-4-3-5-10(6-9)8(2)18-20-12(15)16/h3-6H,1-2H3,(H4,13,14,19)(H4,15,16,20)/b17-7+,18-8+. The number of hydrogen-bond donors (Lipinski definition) is 4. The van der Waals surface area contributed by atoms with E-state index in [9.17, 15) is 0 Å². The van der Waals surface area contributed by atoms with E-state index in [-0.39, 0.29) is 11.9 Å². The molecule has 0 aliphatic carbocycles. The summed E-state index contributed by atoms with van der Waals surface area (Å²) in [5, 5.41) is 15.1. The third kappa shape index (κ3) is 4.77. The van der Waals surface area contributed by atoms with Crippen LogP contribution in [0.3, 0.4) is 0 Å². The summed E-state index contributed by atoms with van der Waals surface area (Å²) in [5.74, 6) is -0.183. The van der Waals surface area contributed by atoms with Gasteiger partial charge in [0.2, 0.25) is 11.9 Å². The smallest absolute Gasteiger partial charge is 0.211 e. The second-order valence-corrected chi connectivity index (χ2v) is 4.00. The van der Waals surface area contributed by atoms with Crippen molar-refractivity contribution >= 4 is 23.3 Å². The van der Waals surface area contributed by atoms with Crippen molar-refractivity contribution in [2.75, 3.05) is 0 Å². The molecule has 0 amide bonds. The van der Waals surface area contributed by atoms with Crippen molar-refractivity contribution < 1.29 is 0 Å². The lowest BCUT2D eigenvalue weighted by molar-refractivity contribution is 1.19. The van der Waals surface area contributed by atoms with Crippen molar-refractivity contribution in [2.24, 2.45) is 43.3 Å². The van der Waals surface area contributed by atoms with Crippen LogP contribution in [0.1, 0.15) is 25.0 Å². The van der Waals surface area contributed by atoms with Crippen molar-refractivity contribution in [3.63, 3.8) is 0 Å². The molecule has 8 heteroatoms. The fourth-order valence-corrected chi connectivity index (χ4v) is 1.35. The van der Waals surface area contributed by atoms with Crippen LogP contribution in [-0.2, 0) is 0 Å². The van der Waals surface area contributed by atoms with Crippen LogP contribution in [0.5, 0.6) is 0 Å². The van der Waals surface area contributed by atoms with Crippen LogP contribution in [0.4, 0.5) is 0 Å². The minimum absolute atomic E-state index is 0.0917. The van der Waals surface area contributed by atoms with Crippen molar-refractivity contribution in [1.82, 2.24) is 0 Å². The summed E-state index contributed by atoms with van der Waals surface area (Å²) in [7, 11) is 0. The Morgan fingerprint density at radius 2 is 1.15 bits per heavy atom. The van der Waals surface area contributed by atoms with Gasteiger partial charge in [0, 0.05) is 0 Å². The van der Waals surface area contributed by atoms with Gasteiger partial charge in [0.05, 0.1) is 11.4 Å². The normalized spacial score (nSPS) is 11.9. The van der Waals surface area contributed by atoms with E-state index in [1.165, 1.54) is 0 Å². The van der Waals surface area contributed by atoms with Gasteiger partial charge in [-0.25, -0.2) is 0 Å². The van der Waals surface area contributed by atoms with Gasteiger partial charge >= 0.3 is 0 Å². The lowest BCUT2D eigenvalue weighted by Crippen LogP contribution is -2.22. The lowest BCUT2D eigenvalue weighted by Gasteiger charge is -2.03. The van der Waals surface area contributed by atoms with E-state index in [4.69, 9.17) is 22.9 Å². The van der Waals surface area contributed by atoms with Gasteiger partial charge in [-0.15, -0.1) is 10.2 Å². The Morgan fingerprint density at radius 3 is 1.50 bits per heavy atom. The molecule has 1 aromatic carbocycles. The maximum Gasteiger partial charge on any atom is 0.211 e. The Balaban J connectivity index is 3.08. The first-order valence-corrected chi connectivity index (χ1v) is 5.77. The predicted molar refractivity (Wildman–Crippen MR) is 82.5 cm³/mol. The molecular weight excluding hydrogens is 256 g/mol. The van der Waals surface area contributed by atoms with E-state index < -0.39 is 0 Å². The average Bonchev–Trinajstić information content (AvgIpc) is 2.42. The monoisotopic (exact) mass is 274 g/mol. The summed E-state index contributed by atoms with van der Waals surface area (Å²) < 4.78 is 0. The van der Waals surface area contributed by atoms with Gasteiger partial charge in [0.25, 0.3) is 0 Å². The number of nitrogens with zero attached hydrogens (tertiary/aromatic N) is 4. The molecule has 0 radical (unpaired) electrons. The van der Waals surface area contributed by atoms with Crippen molar-refractivity contribution in [3.05, 3.63) is 35.4 Å². The lowest BCUT2D eigenvalue weighted by atomic mass is 10.1. The van der Waals surface area contributed by atoms with Crippen LogP contribution in [-0.4, -0.2) is 23.3 Å². The summed E-state index contributed by atoms with van der Waals surface area (Å²) in [4.78, 5) is 0. The van der Waals surface area contributed by atoms with E-state index in [2.05, 4.69) is 20.4 Å². The zero-order chi connectivity index (χ0) is 15.1. The number of hydrogen-bond acceptors (Lipinski definition) is 4. The molecule has 106 valence electrons. The predicted octanol–water partition coefficient (Wildman–Crippen LogP) is -0.319. The van der Waals surface area contributed by atoms with Crippen LogP contribution in [0.2, 0.25) is 0 Å². The Labute approximate surface area is 117 Å². The molecule has 20 heavy (non-hydrogen) atoms. The van der Waals surface area contributed by atoms with Gasteiger partial charge in [-0.05, 0) is 31.0 Å². The first kappa shape index (κ1) is 15.2. The summed E-state index contributed by atoms with van der Waals surface area (Å²) in [6, 6.07) is 7.53. The van der Waals surface area contributed by atoms with Gasteiger partial charge in [-0.2, -0.15) is 10.2 Å². The van der Waals surface area contributed by atoms with Crippen molar-refractivity contribution in [3.8, 4) is 0 Å². The summed E-state index contributed by atoms with van der Waals surface area (Å²) in [6.07, 6.45) is 0. The molecular formula is C12H18N8. The van der Waals surface area contributed by atoms with Crippen LogP contribution < -0.4 is 22.9 Å². The molecule has 0 bridgehead atoms. The quantitative estimate of drug-likeness (QED) is 0.337. The van der Waals surface area contributed by atoms with E-state index in [0.717, 1.165) is 11.1 Å². The zero-order valence-corrected chi connectivity index (χ0v) is 11.4.